The Morgan fingerprint density at radius 3 is 2.32 bits per heavy atom. The van der Waals surface area contributed by atoms with Gasteiger partial charge in [-0.2, -0.15) is 23.3 Å². The van der Waals surface area contributed by atoms with Crippen LogP contribution in [0.15, 0.2) is 67.3 Å². The van der Waals surface area contributed by atoms with Crippen LogP contribution in [0.1, 0.15) is 24.2 Å². The molecule has 0 radical (unpaired) electrons. The SMILES string of the molecule is CC(F)(F)[C@@H](c1ccc(F)cc1)n1cc(-c2cnc(C(F)(F)F)c(-c3ccn4nc(N)nc4c3)c2)cn1. The Labute approximate surface area is 205 Å². The normalized spacial score (nSPS) is 13.3. The summed E-state index contributed by atoms with van der Waals surface area (Å²) in [6.45, 7) is 0.702. The zero-order valence-electron chi connectivity index (χ0n) is 19.0. The minimum atomic E-state index is -4.77. The molecule has 0 fully saturated rings. The summed E-state index contributed by atoms with van der Waals surface area (Å²) in [7, 11) is 0. The van der Waals surface area contributed by atoms with E-state index in [-0.39, 0.29) is 39.4 Å². The van der Waals surface area contributed by atoms with Crippen molar-refractivity contribution in [2.24, 2.45) is 0 Å². The molecule has 0 aliphatic rings. The molecule has 0 aliphatic heterocycles. The molecule has 190 valence electrons. The summed E-state index contributed by atoms with van der Waals surface area (Å²) in [6, 6.07) is 7.03. The highest BCUT2D eigenvalue weighted by molar-refractivity contribution is 5.75. The predicted molar refractivity (Wildman–Crippen MR) is 122 cm³/mol. The summed E-state index contributed by atoms with van der Waals surface area (Å²) < 4.78 is 86.2. The van der Waals surface area contributed by atoms with Gasteiger partial charge in [-0.05, 0) is 41.5 Å². The van der Waals surface area contributed by atoms with Crippen LogP contribution in [0.25, 0.3) is 27.9 Å². The molecule has 0 amide bonds. The van der Waals surface area contributed by atoms with E-state index in [1.54, 1.807) is 0 Å². The number of pyridine rings is 2. The van der Waals surface area contributed by atoms with E-state index in [1.165, 1.54) is 53.4 Å². The molecule has 13 heteroatoms. The lowest BCUT2D eigenvalue weighted by molar-refractivity contribution is -0.140. The van der Waals surface area contributed by atoms with E-state index in [0.717, 1.165) is 23.0 Å². The van der Waals surface area contributed by atoms with Crippen LogP contribution in [0.3, 0.4) is 0 Å². The number of anilines is 1. The van der Waals surface area contributed by atoms with Crippen molar-refractivity contribution in [1.29, 1.82) is 0 Å². The van der Waals surface area contributed by atoms with Gasteiger partial charge in [-0.1, -0.05) is 12.1 Å². The third-order valence-corrected chi connectivity index (χ3v) is 5.69. The highest BCUT2D eigenvalue weighted by Gasteiger charge is 2.38. The van der Waals surface area contributed by atoms with Crippen LogP contribution in [-0.4, -0.2) is 35.3 Å². The number of aromatic nitrogens is 6. The Hall–Kier alpha value is -4.42. The van der Waals surface area contributed by atoms with Crippen molar-refractivity contribution in [2.45, 2.75) is 25.1 Å². The number of halogens is 6. The maximum absolute atomic E-state index is 14.6. The van der Waals surface area contributed by atoms with Gasteiger partial charge in [-0.15, -0.1) is 5.10 Å². The van der Waals surface area contributed by atoms with Gasteiger partial charge < -0.3 is 5.73 Å². The summed E-state index contributed by atoms with van der Waals surface area (Å²) >= 11 is 0. The first-order chi connectivity index (χ1) is 17.4. The van der Waals surface area contributed by atoms with Gasteiger partial charge in [-0.3, -0.25) is 9.67 Å². The molecule has 37 heavy (non-hydrogen) atoms. The molecule has 5 rings (SSSR count). The second-order valence-corrected chi connectivity index (χ2v) is 8.43. The second kappa shape index (κ2) is 8.61. The van der Waals surface area contributed by atoms with E-state index < -0.39 is 29.7 Å². The van der Waals surface area contributed by atoms with Crippen LogP contribution < -0.4 is 5.73 Å². The smallest absolute Gasteiger partial charge is 0.366 e. The summed E-state index contributed by atoms with van der Waals surface area (Å²) in [6.07, 6.45) is 0.170. The average molecular weight is 517 g/mol. The number of hydrogen-bond donors (Lipinski definition) is 1. The molecule has 7 nitrogen and oxygen atoms in total. The average Bonchev–Trinajstić information content (AvgIpc) is 3.44. The van der Waals surface area contributed by atoms with Gasteiger partial charge in [0.05, 0.1) is 6.20 Å². The van der Waals surface area contributed by atoms with Crippen molar-refractivity contribution in [3.8, 4) is 22.3 Å². The number of alkyl halides is 5. The summed E-state index contributed by atoms with van der Waals surface area (Å²) in [4.78, 5) is 7.61. The summed E-state index contributed by atoms with van der Waals surface area (Å²) in [5.74, 6) is -3.92. The molecule has 0 unspecified atom stereocenters. The fourth-order valence-electron chi connectivity index (χ4n) is 4.09. The van der Waals surface area contributed by atoms with Gasteiger partial charge in [0.1, 0.15) is 11.9 Å². The number of benzene rings is 1. The monoisotopic (exact) mass is 517 g/mol. The van der Waals surface area contributed by atoms with Crippen LogP contribution in [0.2, 0.25) is 0 Å². The minimum absolute atomic E-state index is 0.0454. The maximum Gasteiger partial charge on any atom is 0.433 e. The van der Waals surface area contributed by atoms with E-state index in [0.29, 0.717) is 6.92 Å². The van der Waals surface area contributed by atoms with Gasteiger partial charge in [0.2, 0.25) is 5.95 Å². The topological polar surface area (TPSA) is 86.9 Å². The maximum atomic E-state index is 14.6. The highest BCUT2D eigenvalue weighted by Crippen LogP contribution is 2.39. The van der Waals surface area contributed by atoms with Crippen LogP contribution in [0.4, 0.5) is 32.3 Å². The van der Waals surface area contributed by atoms with Crippen molar-refractivity contribution in [2.75, 3.05) is 5.73 Å². The zero-order valence-corrected chi connectivity index (χ0v) is 19.0. The number of nitrogens with two attached hydrogens (primary N) is 1. The van der Waals surface area contributed by atoms with Gasteiger partial charge in [-0.25, -0.2) is 17.7 Å². The Morgan fingerprint density at radius 2 is 1.65 bits per heavy atom. The Kier molecular flexibility index (Phi) is 5.65. The van der Waals surface area contributed by atoms with Gasteiger partial charge in [0.15, 0.2) is 11.3 Å². The first kappa shape index (κ1) is 24.3. The second-order valence-electron chi connectivity index (χ2n) is 8.43. The number of nitrogens with zero attached hydrogens (tertiary/aromatic N) is 6. The summed E-state index contributed by atoms with van der Waals surface area (Å²) in [5, 5.41) is 7.94. The molecular formula is C24H17F6N7. The number of hydrogen-bond acceptors (Lipinski definition) is 5. The zero-order chi connectivity index (χ0) is 26.5. The minimum Gasteiger partial charge on any atom is -0.366 e. The van der Waals surface area contributed by atoms with E-state index >= 15 is 0 Å². The lowest BCUT2D eigenvalue weighted by Gasteiger charge is -2.24. The Bertz CT molecular complexity index is 1580. The molecule has 2 N–H and O–H groups in total. The number of fused-ring (bicyclic) bond motifs is 1. The molecule has 0 spiro atoms. The summed E-state index contributed by atoms with van der Waals surface area (Å²) in [5.41, 5.74) is 5.14. The largest absolute Gasteiger partial charge is 0.433 e. The molecular weight excluding hydrogens is 500 g/mol. The van der Waals surface area contributed by atoms with E-state index in [4.69, 9.17) is 5.73 Å². The van der Waals surface area contributed by atoms with Gasteiger partial charge >= 0.3 is 6.18 Å². The Balaban J connectivity index is 1.60. The van der Waals surface area contributed by atoms with Crippen molar-refractivity contribution < 1.29 is 26.3 Å². The van der Waals surface area contributed by atoms with Crippen molar-refractivity contribution >= 4 is 11.6 Å². The van der Waals surface area contributed by atoms with Crippen LogP contribution in [-0.2, 0) is 6.18 Å². The predicted octanol–water partition coefficient (Wildman–Crippen LogP) is 5.64. The van der Waals surface area contributed by atoms with Crippen LogP contribution in [0, 0.1) is 5.82 Å². The molecule has 4 heterocycles. The van der Waals surface area contributed by atoms with E-state index in [1.807, 2.05) is 0 Å². The van der Waals surface area contributed by atoms with E-state index in [2.05, 4.69) is 20.2 Å². The number of nitrogen functional groups attached to an aromatic ring is 1. The first-order valence-electron chi connectivity index (χ1n) is 10.8. The first-order valence-corrected chi connectivity index (χ1v) is 10.8. The highest BCUT2D eigenvalue weighted by atomic mass is 19.4. The van der Waals surface area contributed by atoms with Gasteiger partial charge in [0, 0.05) is 42.2 Å². The molecule has 0 saturated heterocycles. The van der Waals surface area contributed by atoms with Crippen molar-refractivity contribution in [3.05, 3.63) is 84.3 Å². The fraction of sp³-hybridized carbons (Fsp3) is 0.167. The standard InChI is InChI=1S/C24H17F6N7/c1-23(26,27)21(13-2-4-17(25)5-3-13)37-12-16(11-33-37)15-8-18(20(32-10-15)24(28,29)30)14-6-7-36-19(9-14)34-22(31)35-36/h2-12,21H,1H3,(H2,31,35)/t21-/m1/s1. The van der Waals surface area contributed by atoms with Crippen LogP contribution >= 0.6 is 0 Å². The fourth-order valence-corrected chi connectivity index (χ4v) is 4.09. The molecule has 1 atom stereocenters. The molecule has 1 aromatic carbocycles. The molecule has 0 bridgehead atoms. The molecule has 4 aromatic heterocycles. The van der Waals surface area contributed by atoms with Crippen molar-refractivity contribution in [3.63, 3.8) is 0 Å². The third kappa shape index (κ3) is 4.71. The lowest BCUT2D eigenvalue weighted by Crippen LogP contribution is -2.29. The van der Waals surface area contributed by atoms with Crippen molar-refractivity contribution in [1.82, 2.24) is 29.4 Å². The molecule has 0 aliphatic carbocycles. The quantitative estimate of drug-likeness (QED) is 0.305. The van der Waals surface area contributed by atoms with Crippen LogP contribution in [0.5, 0.6) is 0 Å². The van der Waals surface area contributed by atoms with E-state index in [9.17, 15) is 26.3 Å². The Morgan fingerprint density at radius 1 is 0.919 bits per heavy atom. The molecule has 0 saturated carbocycles. The third-order valence-electron chi connectivity index (χ3n) is 5.69. The molecule has 5 aromatic rings. The van der Waals surface area contributed by atoms with Gasteiger partial charge in [0.25, 0.3) is 5.92 Å². The lowest BCUT2D eigenvalue weighted by atomic mass is 10.00. The number of rotatable bonds is 5.